The van der Waals surface area contributed by atoms with Gasteiger partial charge in [0.15, 0.2) is 0 Å². The van der Waals surface area contributed by atoms with E-state index in [1.165, 1.54) is 12.8 Å². The number of hydrogen-bond acceptors (Lipinski definition) is 3. The number of hydrogen-bond donors (Lipinski definition) is 1. The van der Waals surface area contributed by atoms with Crippen molar-refractivity contribution in [1.29, 1.82) is 0 Å². The van der Waals surface area contributed by atoms with Gasteiger partial charge in [-0.3, -0.25) is 0 Å². The highest BCUT2D eigenvalue weighted by Gasteiger charge is 2.37. The zero-order valence-corrected chi connectivity index (χ0v) is 11.3. The Kier molecular flexibility index (Phi) is 3.48. The predicted octanol–water partition coefficient (Wildman–Crippen LogP) is 3.69. The van der Waals surface area contributed by atoms with Gasteiger partial charge in [0.1, 0.15) is 10.2 Å². The highest BCUT2D eigenvalue weighted by molar-refractivity contribution is 9.10. The molecule has 4 heteroatoms. The van der Waals surface area contributed by atoms with Crippen molar-refractivity contribution < 1.29 is 5.11 Å². The summed E-state index contributed by atoms with van der Waals surface area (Å²) in [4.78, 5) is 5.18. The van der Waals surface area contributed by atoms with Crippen molar-refractivity contribution in [3.8, 4) is 0 Å². The second-order valence-corrected chi connectivity index (χ2v) is 5.98. The van der Waals surface area contributed by atoms with Crippen molar-refractivity contribution in [2.45, 2.75) is 44.6 Å². The van der Waals surface area contributed by atoms with Crippen molar-refractivity contribution in [2.75, 3.05) is 0 Å². The van der Waals surface area contributed by atoms with Crippen LogP contribution in [0.2, 0.25) is 0 Å². The minimum Gasteiger partial charge on any atom is -0.384 e. The lowest BCUT2D eigenvalue weighted by Gasteiger charge is -2.35. The molecule has 1 fully saturated rings. The van der Waals surface area contributed by atoms with E-state index in [1.807, 2.05) is 0 Å². The maximum atomic E-state index is 10.7. The molecule has 1 aliphatic rings. The van der Waals surface area contributed by atoms with Crippen LogP contribution < -0.4 is 0 Å². The maximum Gasteiger partial charge on any atom is 0.123 e. The molecule has 1 aliphatic carbocycles. The van der Waals surface area contributed by atoms with E-state index in [4.69, 9.17) is 0 Å². The van der Waals surface area contributed by atoms with E-state index < -0.39 is 5.60 Å². The summed E-state index contributed by atoms with van der Waals surface area (Å²) in [5.74, 6) is 0.665. The molecule has 0 amide bonds. The molecule has 0 bridgehead atoms. The summed E-state index contributed by atoms with van der Waals surface area (Å²) < 4.78 is 0.826. The Morgan fingerprint density at radius 2 is 2.53 bits per heavy atom. The first-order valence-electron chi connectivity index (χ1n) is 5.47. The van der Waals surface area contributed by atoms with E-state index >= 15 is 0 Å². The Labute approximate surface area is 103 Å². The van der Waals surface area contributed by atoms with Gasteiger partial charge in [0.25, 0.3) is 0 Å². The van der Waals surface area contributed by atoms with Crippen LogP contribution in [-0.2, 0) is 5.60 Å². The average Bonchev–Trinajstić information content (AvgIpc) is 2.65. The van der Waals surface area contributed by atoms with Crippen LogP contribution in [0.1, 0.15) is 43.9 Å². The van der Waals surface area contributed by atoms with E-state index in [1.54, 1.807) is 16.8 Å². The van der Waals surface area contributed by atoms with Crippen molar-refractivity contribution in [3.05, 3.63) is 15.0 Å². The van der Waals surface area contributed by atoms with Crippen molar-refractivity contribution in [3.63, 3.8) is 0 Å². The zero-order valence-electron chi connectivity index (χ0n) is 8.87. The topological polar surface area (TPSA) is 33.1 Å². The lowest BCUT2D eigenvalue weighted by atomic mass is 9.76. The third-order valence-corrected chi connectivity index (χ3v) is 5.24. The molecule has 84 valence electrons. The van der Waals surface area contributed by atoms with Gasteiger partial charge in [-0.25, -0.2) is 4.98 Å². The Morgan fingerprint density at radius 1 is 1.73 bits per heavy atom. The van der Waals surface area contributed by atoms with Crippen molar-refractivity contribution >= 4 is 27.3 Å². The highest BCUT2D eigenvalue weighted by Crippen LogP contribution is 2.44. The minimum absolute atomic E-state index is 0.626. The normalized spacial score (nSPS) is 31.8. The summed E-state index contributed by atoms with van der Waals surface area (Å²) >= 11 is 4.98. The molecule has 2 nitrogen and oxygen atoms in total. The molecule has 2 unspecified atom stereocenters. The molecular weight excluding hydrogens is 274 g/mol. The Balaban J connectivity index is 2.22. The third kappa shape index (κ3) is 2.27. The fraction of sp³-hybridized carbons (Fsp3) is 0.727. The molecule has 0 spiro atoms. The van der Waals surface area contributed by atoms with Crippen molar-refractivity contribution in [1.82, 2.24) is 4.98 Å². The molecule has 0 aliphatic heterocycles. The molecule has 0 radical (unpaired) electrons. The zero-order chi connectivity index (χ0) is 10.9. The maximum absolute atomic E-state index is 10.7. The van der Waals surface area contributed by atoms with Gasteiger partial charge in [0, 0.05) is 0 Å². The van der Waals surface area contributed by atoms with Crippen LogP contribution in [0.5, 0.6) is 0 Å². The van der Waals surface area contributed by atoms with Gasteiger partial charge in [-0.05, 0) is 41.1 Å². The molecule has 0 aromatic carbocycles. The number of thiazole rings is 1. The van der Waals surface area contributed by atoms with Gasteiger partial charge < -0.3 is 5.11 Å². The molecule has 1 N–H and O–H groups in total. The molecule has 1 saturated carbocycles. The number of rotatable bonds is 2. The second-order valence-electron chi connectivity index (χ2n) is 4.37. The van der Waals surface area contributed by atoms with Gasteiger partial charge in [0.05, 0.1) is 10.4 Å². The van der Waals surface area contributed by atoms with Gasteiger partial charge in [-0.1, -0.05) is 19.8 Å². The van der Waals surface area contributed by atoms with E-state index in [-0.39, 0.29) is 0 Å². The first-order chi connectivity index (χ1) is 7.15. The van der Waals surface area contributed by atoms with E-state index in [2.05, 4.69) is 27.8 Å². The van der Waals surface area contributed by atoms with Gasteiger partial charge in [0.2, 0.25) is 0 Å². The molecule has 1 aromatic rings. The lowest BCUT2D eigenvalue weighted by Crippen LogP contribution is -2.32. The van der Waals surface area contributed by atoms with Gasteiger partial charge in [-0.2, -0.15) is 0 Å². The molecule has 2 rings (SSSR count). The van der Waals surface area contributed by atoms with Crippen LogP contribution in [-0.4, -0.2) is 10.1 Å². The summed E-state index contributed by atoms with van der Waals surface area (Å²) in [7, 11) is 0. The number of aliphatic hydroxyl groups is 1. The molecule has 1 heterocycles. The fourth-order valence-electron chi connectivity index (χ4n) is 2.45. The van der Waals surface area contributed by atoms with E-state index in [9.17, 15) is 5.11 Å². The first kappa shape index (κ1) is 11.6. The standard InChI is InChI=1S/C11H16BrNOS/c1-2-8-4-3-5-11(14,6-8)9-10(12)13-7-15-9/h7-8,14H,2-6H2,1H3. The summed E-state index contributed by atoms with van der Waals surface area (Å²) in [5.41, 5.74) is 1.17. The lowest BCUT2D eigenvalue weighted by molar-refractivity contribution is -0.0192. The number of aromatic nitrogens is 1. The van der Waals surface area contributed by atoms with Crippen molar-refractivity contribution in [2.24, 2.45) is 5.92 Å². The second kappa shape index (κ2) is 4.52. The summed E-state index contributed by atoms with van der Waals surface area (Å²) in [6, 6.07) is 0. The summed E-state index contributed by atoms with van der Waals surface area (Å²) in [5, 5.41) is 10.7. The molecule has 0 saturated heterocycles. The van der Waals surface area contributed by atoms with Crippen LogP contribution >= 0.6 is 27.3 Å². The van der Waals surface area contributed by atoms with Crippen LogP contribution in [0.4, 0.5) is 0 Å². The summed E-state index contributed by atoms with van der Waals surface area (Å²) in [6.45, 7) is 2.21. The predicted molar refractivity (Wildman–Crippen MR) is 66.0 cm³/mol. The SMILES string of the molecule is CCC1CCCC(O)(c2scnc2Br)C1. The van der Waals surface area contributed by atoms with Gasteiger partial charge >= 0.3 is 0 Å². The van der Waals surface area contributed by atoms with Gasteiger partial charge in [-0.15, -0.1) is 11.3 Å². The highest BCUT2D eigenvalue weighted by atomic mass is 79.9. The van der Waals surface area contributed by atoms with Crippen LogP contribution in [0.25, 0.3) is 0 Å². The van der Waals surface area contributed by atoms with E-state index in [0.717, 1.165) is 28.7 Å². The minimum atomic E-state index is -0.626. The first-order valence-corrected chi connectivity index (χ1v) is 7.15. The molecular formula is C11H16BrNOS. The van der Waals surface area contributed by atoms with Crippen LogP contribution in [0, 0.1) is 5.92 Å². The monoisotopic (exact) mass is 289 g/mol. The summed E-state index contributed by atoms with van der Waals surface area (Å²) in [6.07, 6.45) is 5.32. The average molecular weight is 290 g/mol. The fourth-order valence-corrected chi connectivity index (χ4v) is 4.16. The Bertz CT molecular complexity index is 341. The quantitative estimate of drug-likeness (QED) is 0.901. The molecule has 2 atom stereocenters. The molecule has 1 aromatic heterocycles. The molecule has 15 heavy (non-hydrogen) atoms. The van der Waals surface area contributed by atoms with Crippen LogP contribution in [0.15, 0.2) is 10.1 Å². The number of nitrogens with zero attached hydrogens (tertiary/aromatic N) is 1. The number of halogens is 1. The van der Waals surface area contributed by atoms with Crippen LogP contribution in [0.3, 0.4) is 0 Å². The smallest absolute Gasteiger partial charge is 0.123 e. The largest absolute Gasteiger partial charge is 0.384 e. The van der Waals surface area contributed by atoms with E-state index in [0.29, 0.717) is 5.92 Å². The Hall–Kier alpha value is 0.0700. The third-order valence-electron chi connectivity index (χ3n) is 3.35. The Morgan fingerprint density at radius 3 is 3.13 bits per heavy atom.